The van der Waals surface area contributed by atoms with E-state index in [4.69, 9.17) is 0 Å². The van der Waals surface area contributed by atoms with E-state index in [9.17, 15) is 8.42 Å². The molecule has 1 aliphatic carbocycles. The second-order valence-corrected chi connectivity index (χ2v) is 8.38. The zero-order chi connectivity index (χ0) is 15.3. The Bertz CT molecular complexity index is 542. The minimum atomic E-state index is -3.49. The van der Waals surface area contributed by atoms with Crippen molar-refractivity contribution >= 4 is 21.8 Å². The summed E-state index contributed by atoms with van der Waals surface area (Å²) in [4.78, 5) is 4.07. The Kier molecular flexibility index (Phi) is 6.04. The Labute approximate surface area is 131 Å². The topological polar surface area (TPSA) is 71.1 Å². The molecule has 2 rings (SSSR count). The third kappa shape index (κ3) is 5.58. The molecule has 1 saturated carbocycles. The number of sulfonamides is 1. The predicted octanol–water partition coefficient (Wildman–Crippen LogP) is 1.75. The van der Waals surface area contributed by atoms with Gasteiger partial charge in [-0.15, -0.1) is 0 Å². The van der Waals surface area contributed by atoms with Gasteiger partial charge >= 0.3 is 0 Å². The van der Waals surface area contributed by atoms with Gasteiger partial charge < -0.3 is 5.32 Å². The van der Waals surface area contributed by atoms with Gasteiger partial charge in [0, 0.05) is 30.6 Å². The summed E-state index contributed by atoms with van der Waals surface area (Å²) in [5.41, 5.74) is 1.01. The lowest BCUT2D eigenvalue weighted by atomic mass is 10.3. The van der Waals surface area contributed by atoms with E-state index in [1.54, 1.807) is 24.0 Å². The largest absolute Gasteiger partial charge is 0.310 e. The Hall–Kier alpha value is -0.630. The van der Waals surface area contributed by atoms with E-state index in [1.807, 2.05) is 12.3 Å². The number of nitrogens with one attached hydrogen (secondary N) is 2. The Morgan fingerprint density at radius 3 is 2.76 bits per heavy atom. The fourth-order valence-electron chi connectivity index (χ4n) is 1.81. The number of nitrogens with zero attached hydrogens (tertiary/aromatic N) is 1. The minimum absolute atomic E-state index is 0.0921. The molecule has 1 aliphatic rings. The second kappa shape index (κ2) is 7.58. The van der Waals surface area contributed by atoms with Crippen LogP contribution in [0.25, 0.3) is 0 Å². The van der Waals surface area contributed by atoms with Gasteiger partial charge in [0.05, 0.1) is 0 Å². The molecule has 0 saturated heterocycles. The number of thioether (sulfide) groups is 1. The number of aromatic nitrogens is 1. The Morgan fingerprint density at radius 1 is 1.43 bits per heavy atom. The van der Waals surface area contributed by atoms with E-state index in [0.29, 0.717) is 17.8 Å². The van der Waals surface area contributed by atoms with Crippen LogP contribution in [0.5, 0.6) is 0 Å². The first-order valence-electron chi connectivity index (χ1n) is 7.22. The van der Waals surface area contributed by atoms with Crippen LogP contribution in [0, 0.1) is 0 Å². The van der Waals surface area contributed by atoms with E-state index in [1.165, 1.54) is 12.8 Å². The summed E-state index contributed by atoms with van der Waals surface area (Å²) < 4.78 is 26.8. The van der Waals surface area contributed by atoms with Gasteiger partial charge in [0.2, 0.25) is 0 Å². The standard InChI is InChI=1S/C14H23N3O2S2/c1-11(20-2)7-8-17-21(18,19)14-6-3-12(10-16-14)9-15-13-4-5-13/h3,6,10-11,13,15,17H,4-5,7-9H2,1-2H3. The molecule has 1 unspecified atom stereocenters. The molecule has 118 valence electrons. The van der Waals surface area contributed by atoms with Crippen LogP contribution in [0.15, 0.2) is 23.4 Å². The van der Waals surface area contributed by atoms with Crippen molar-refractivity contribution in [2.24, 2.45) is 0 Å². The van der Waals surface area contributed by atoms with E-state index in [-0.39, 0.29) is 5.03 Å². The number of hydrogen-bond acceptors (Lipinski definition) is 5. The van der Waals surface area contributed by atoms with Crippen LogP contribution in [0.3, 0.4) is 0 Å². The van der Waals surface area contributed by atoms with Crippen LogP contribution in [0.4, 0.5) is 0 Å². The first-order chi connectivity index (χ1) is 10.0. The fraction of sp³-hybridized carbons (Fsp3) is 0.643. The molecule has 5 nitrogen and oxygen atoms in total. The van der Waals surface area contributed by atoms with E-state index in [0.717, 1.165) is 18.5 Å². The lowest BCUT2D eigenvalue weighted by Crippen LogP contribution is -2.27. The third-order valence-corrected chi connectivity index (χ3v) is 5.91. The molecule has 0 aliphatic heterocycles. The SMILES string of the molecule is CSC(C)CCNS(=O)(=O)c1ccc(CNC2CC2)cn1. The van der Waals surface area contributed by atoms with E-state index in [2.05, 4.69) is 21.9 Å². The fourth-order valence-corrected chi connectivity index (χ4v) is 3.14. The van der Waals surface area contributed by atoms with Gasteiger partial charge in [-0.1, -0.05) is 13.0 Å². The first kappa shape index (κ1) is 16.7. The summed E-state index contributed by atoms with van der Waals surface area (Å²) in [6.07, 6.45) is 6.93. The van der Waals surface area contributed by atoms with Crippen molar-refractivity contribution in [3.05, 3.63) is 23.9 Å². The van der Waals surface area contributed by atoms with Crippen LogP contribution >= 0.6 is 11.8 Å². The zero-order valence-corrected chi connectivity index (χ0v) is 14.1. The van der Waals surface area contributed by atoms with Crippen molar-refractivity contribution in [2.45, 2.75) is 49.0 Å². The summed E-state index contributed by atoms with van der Waals surface area (Å²) in [5.74, 6) is 0. The molecule has 1 atom stereocenters. The highest BCUT2D eigenvalue weighted by atomic mass is 32.2. The third-order valence-electron chi connectivity index (χ3n) is 3.49. The summed E-state index contributed by atoms with van der Waals surface area (Å²) in [7, 11) is -3.49. The highest BCUT2D eigenvalue weighted by molar-refractivity contribution is 7.99. The molecule has 0 spiro atoms. The summed E-state index contributed by atoms with van der Waals surface area (Å²) in [5, 5.41) is 3.91. The van der Waals surface area contributed by atoms with Crippen molar-refractivity contribution in [2.75, 3.05) is 12.8 Å². The van der Waals surface area contributed by atoms with Gasteiger partial charge in [-0.2, -0.15) is 11.8 Å². The molecule has 0 bridgehead atoms. The maximum Gasteiger partial charge on any atom is 0.258 e. The first-order valence-corrected chi connectivity index (χ1v) is 9.99. The lowest BCUT2D eigenvalue weighted by molar-refractivity contribution is 0.575. The maximum atomic E-state index is 12.1. The van der Waals surface area contributed by atoms with Crippen LogP contribution < -0.4 is 10.0 Å². The molecule has 2 N–H and O–H groups in total. The Morgan fingerprint density at radius 2 is 2.19 bits per heavy atom. The molecular formula is C14H23N3O2S2. The van der Waals surface area contributed by atoms with E-state index >= 15 is 0 Å². The molecule has 21 heavy (non-hydrogen) atoms. The highest BCUT2D eigenvalue weighted by Crippen LogP contribution is 2.19. The smallest absolute Gasteiger partial charge is 0.258 e. The highest BCUT2D eigenvalue weighted by Gasteiger charge is 2.20. The summed E-state index contributed by atoms with van der Waals surface area (Å²) in [6.45, 7) is 3.27. The monoisotopic (exact) mass is 329 g/mol. The molecular weight excluding hydrogens is 306 g/mol. The average Bonchev–Trinajstić information content (AvgIpc) is 3.29. The minimum Gasteiger partial charge on any atom is -0.310 e. The van der Waals surface area contributed by atoms with Gasteiger partial charge in [0.1, 0.15) is 0 Å². The number of hydrogen-bond donors (Lipinski definition) is 2. The van der Waals surface area contributed by atoms with Crippen LogP contribution in [-0.4, -0.2) is 37.5 Å². The van der Waals surface area contributed by atoms with Crippen molar-refractivity contribution in [3.63, 3.8) is 0 Å². The normalized spacial score (nSPS) is 16.9. The van der Waals surface area contributed by atoms with Gasteiger partial charge in [0.15, 0.2) is 5.03 Å². The van der Waals surface area contributed by atoms with E-state index < -0.39 is 10.0 Å². The molecule has 7 heteroatoms. The van der Waals surface area contributed by atoms with Gasteiger partial charge in [0.25, 0.3) is 10.0 Å². The summed E-state index contributed by atoms with van der Waals surface area (Å²) in [6, 6.07) is 4.03. The molecule has 1 heterocycles. The molecule has 1 aromatic heterocycles. The number of pyridine rings is 1. The molecule has 0 amide bonds. The lowest BCUT2D eigenvalue weighted by Gasteiger charge is -2.10. The van der Waals surface area contributed by atoms with Crippen LogP contribution in [-0.2, 0) is 16.6 Å². The molecule has 0 radical (unpaired) electrons. The predicted molar refractivity (Wildman–Crippen MR) is 86.9 cm³/mol. The molecule has 1 fully saturated rings. The van der Waals surface area contributed by atoms with Crippen molar-refractivity contribution < 1.29 is 8.42 Å². The zero-order valence-electron chi connectivity index (χ0n) is 12.5. The molecule has 0 aromatic carbocycles. The maximum absolute atomic E-state index is 12.1. The van der Waals surface area contributed by atoms with Crippen LogP contribution in [0.2, 0.25) is 0 Å². The second-order valence-electron chi connectivity index (χ2n) is 5.39. The van der Waals surface area contributed by atoms with Crippen molar-refractivity contribution in [1.82, 2.24) is 15.0 Å². The van der Waals surface area contributed by atoms with Crippen LogP contribution in [0.1, 0.15) is 31.7 Å². The average molecular weight is 329 g/mol. The van der Waals surface area contributed by atoms with Gasteiger partial charge in [-0.3, -0.25) is 0 Å². The van der Waals surface area contributed by atoms with Crippen molar-refractivity contribution in [3.8, 4) is 0 Å². The van der Waals surface area contributed by atoms with Gasteiger partial charge in [-0.05, 0) is 37.1 Å². The van der Waals surface area contributed by atoms with Crippen molar-refractivity contribution in [1.29, 1.82) is 0 Å². The van der Waals surface area contributed by atoms with Gasteiger partial charge in [-0.25, -0.2) is 18.1 Å². The quantitative estimate of drug-likeness (QED) is 0.722. The number of rotatable bonds is 9. The Balaban J connectivity index is 1.86. The molecule has 1 aromatic rings. The summed E-state index contributed by atoms with van der Waals surface area (Å²) >= 11 is 1.73.